The van der Waals surface area contributed by atoms with Crippen molar-refractivity contribution in [3.05, 3.63) is 12.2 Å². The molecule has 0 bridgehead atoms. The van der Waals surface area contributed by atoms with Crippen molar-refractivity contribution in [2.75, 3.05) is 0 Å². The molecule has 1 heteroatoms. The van der Waals surface area contributed by atoms with Gasteiger partial charge >= 0.3 is 0 Å². The molecule has 3 atom stereocenters. The summed E-state index contributed by atoms with van der Waals surface area (Å²) < 4.78 is 0. The van der Waals surface area contributed by atoms with Gasteiger partial charge in [-0.25, -0.2) is 0 Å². The van der Waals surface area contributed by atoms with Crippen LogP contribution >= 0.6 is 0 Å². The molecular formula is C7H7N. The summed E-state index contributed by atoms with van der Waals surface area (Å²) in [4.78, 5) is 0. The fourth-order valence-corrected chi connectivity index (χ4v) is 1.54. The Kier molecular flexibility index (Phi) is 0.590. The maximum atomic E-state index is 8.43. The molecule has 2 rings (SSSR count). The van der Waals surface area contributed by atoms with Crippen LogP contribution in [0.3, 0.4) is 0 Å². The second-order valence-corrected chi connectivity index (χ2v) is 2.56. The summed E-state index contributed by atoms with van der Waals surface area (Å²) >= 11 is 0. The van der Waals surface area contributed by atoms with E-state index in [2.05, 4.69) is 18.2 Å². The summed E-state index contributed by atoms with van der Waals surface area (Å²) in [6, 6.07) is 2.29. The third kappa shape index (κ3) is 0.315. The smallest absolute Gasteiger partial charge is 0.0665 e. The number of allylic oxidation sites excluding steroid dienone is 2. The van der Waals surface area contributed by atoms with Gasteiger partial charge in [0.25, 0.3) is 0 Å². The van der Waals surface area contributed by atoms with Gasteiger partial charge in [0, 0.05) is 0 Å². The topological polar surface area (TPSA) is 23.8 Å². The minimum Gasteiger partial charge on any atom is -0.198 e. The van der Waals surface area contributed by atoms with Crippen molar-refractivity contribution in [1.82, 2.24) is 0 Å². The van der Waals surface area contributed by atoms with Crippen molar-refractivity contribution in [2.24, 2.45) is 17.8 Å². The first kappa shape index (κ1) is 4.14. The number of nitrogens with zero attached hydrogens (tertiary/aromatic N) is 1. The Bertz CT molecular complexity index is 175. The summed E-state index contributed by atoms with van der Waals surface area (Å²) in [7, 11) is 0. The van der Waals surface area contributed by atoms with E-state index in [1.54, 1.807) is 0 Å². The number of hydrogen-bond donors (Lipinski definition) is 0. The molecule has 1 saturated carbocycles. The van der Waals surface area contributed by atoms with Crippen LogP contribution < -0.4 is 0 Å². The third-order valence-corrected chi connectivity index (χ3v) is 2.15. The highest BCUT2D eigenvalue weighted by molar-refractivity contribution is 5.22. The van der Waals surface area contributed by atoms with E-state index in [-0.39, 0.29) is 0 Å². The van der Waals surface area contributed by atoms with Gasteiger partial charge in [-0.1, -0.05) is 12.2 Å². The van der Waals surface area contributed by atoms with E-state index in [0.29, 0.717) is 11.8 Å². The summed E-state index contributed by atoms with van der Waals surface area (Å²) in [5, 5.41) is 8.43. The quantitative estimate of drug-likeness (QED) is 0.426. The zero-order valence-electron chi connectivity index (χ0n) is 4.54. The highest BCUT2D eigenvalue weighted by Crippen LogP contribution is 2.52. The average molecular weight is 105 g/mol. The Balaban J connectivity index is 2.16. The molecule has 0 saturated heterocycles. The standard InChI is InChI=1S/C7H7N/c8-4-7-5-2-1-3-6(5)7/h1-2,5-7H,3H2/t5-,6+,7-/m0/s1. The molecule has 2 aliphatic rings. The third-order valence-electron chi connectivity index (χ3n) is 2.15. The molecule has 0 aliphatic heterocycles. The molecule has 0 aromatic carbocycles. The van der Waals surface area contributed by atoms with Gasteiger partial charge in [-0.15, -0.1) is 0 Å². The van der Waals surface area contributed by atoms with Crippen LogP contribution in [0.15, 0.2) is 12.2 Å². The monoisotopic (exact) mass is 105 g/mol. The van der Waals surface area contributed by atoms with E-state index in [1.165, 1.54) is 0 Å². The fourth-order valence-electron chi connectivity index (χ4n) is 1.54. The van der Waals surface area contributed by atoms with Crippen LogP contribution in [0.5, 0.6) is 0 Å². The van der Waals surface area contributed by atoms with E-state index in [4.69, 9.17) is 5.26 Å². The van der Waals surface area contributed by atoms with Gasteiger partial charge in [0.05, 0.1) is 12.0 Å². The average Bonchev–Trinajstić information content (AvgIpc) is 2.22. The van der Waals surface area contributed by atoms with Crippen LogP contribution in [0, 0.1) is 29.1 Å². The lowest BCUT2D eigenvalue weighted by molar-refractivity contribution is 0.819. The van der Waals surface area contributed by atoms with Crippen molar-refractivity contribution in [3.63, 3.8) is 0 Å². The summed E-state index contributed by atoms with van der Waals surface area (Å²) in [6.07, 6.45) is 5.52. The molecular weight excluding hydrogens is 98.1 g/mol. The first-order valence-electron chi connectivity index (χ1n) is 3.00. The summed E-state index contributed by atoms with van der Waals surface area (Å²) in [5.74, 6) is 1.76. The molecule has 0 radical (unpaired) electrons. The molecule has 0 spiro atoms. The second-order valence-electron chi connectivity index (χ2n) is 2.56. The molecule has 0 amide bonds. The van der Waals surface area contributed by atoms with Crippen LogP contribution in [0.25, 0.3) is 0 Å². The Morgan fingerprint density at radius 2 is 2.50 bits per heavy atom. The molecule has 1 nitrogen and oxygen atoms in total. The first-order valence-corrected chi connectivity index (χ1v) is 3.00. The SMILES string of the molecule is N#C[C@H]1[C@H]2C=CC[C@@H]12. The molecule has 0 aromatic heterocycles. The maximum Gasteiger partial charge on any atom is 0.0665 e. The highest BCUT2D eigenvalue weighted by atomic mass is 14.5. The largest absolute Gasteiger partial charge is 0.198 e. The second kappa shape index (κ2) is 1.14. The fraction of sp³-hybridized carbons (Fsp3) is 0.571. The highest BCUT2D eigenvalue weighted by Gasteiger charge is 2.50. The molecule has 2 aliphatic carbocycles. The molecule has 0 heterocycles. The molecule has 40 valence electrons. The molecule has 1 fully saturated rings. The zero-order chi connectivity index (χ0) is 5.56. The van der Waals surface area contributed by atoms with Gasteiger partial charge in [0.2, 0.25) is 0 Å². The molecule has 0 N–H and O–H groups in total. The zero-order valence-corrected chi connectivity index (χ0v) is 4.54. The number of hydrogen-bond acceptors (Lipinski definition) is 1. The van der Waals surface area contributed by atoms with Gasteiger partial charge in [0.15, 0.2) is 0 Å². The molecule has 8 heavy (non-hydrogen) atoms. The molecule has 0 unspecified atom stereocenters. The van der Waals surface area contributed by atoms with Crippen molar-refractivity contribution in [3.8, 4) is 6.07 Å². The number of nitriles is 1. The van der Waals surface area contributed by atoms with E-state index >= 15 is 0 Å². The van der Waals surface area contributed by atoms with E-state index in [0.717, 1.165) is 12.3 Å². The summed E-state index contributed by atoms with van der Waals surface area (Å²) in [5.41, 5.74) is 0. The Morgan fingerprint density at radius 3 is 2.88 bits per heavy atom. The number of fused-ring (bicyclic) bond motifs is 1. The predicted molar refractivity (Wildman–Crippen MR) is 29.8 cm³/mol. The lowest BCUT2D eigenvalue weighted by Gasteiger charge is -1.79. The number of rotatable bonds is 0. The van der Waals surface area contributed by atoms with Crippen LogP contribution in [-0.4, -0.2) is 0 Å². The van der Waals surface area contributed by atoms with Gasteiger partial charge in [0.1, 0.15) is 0 Å². The van der Waals surface area contributed by atoms with Crippen LogP contribution in [0.2, 0.25) is 0 Å². The Hall–Kier alpha value is -0.770. The lowest BCUT2D eigenvalue weighted by atomic mass is 10.2. The Labute approximate surface area is 48.6 Å². The van der Waals surface area contributed by atoms with E-state index < -0.39 is 0 Å². The van der Waals surface area contributed by atoms with E-state index in [1.807, 2.05) is 0 Å². The van der Waals surface area contributed by atoms with Crippen LogP contribution in [0.1, 0.15) is 6.42 Å². The Morgan fingerprint density at radius 1 is 1.62 bits per heavy atom. The van der Waals surface area contributed by atoms with Crippen molar-refractivity contribution < 1.29 is 0 Å². The van der Waals surface area contributed by atoms with E-state index in [9.17, 15) is 0 Å². The summed E-state index contributed by atoms with van der Waals surface area (Å²) in [6.45, 7) is 0. The first-order chi connectivity index (χ1) is 3.93. The minimum atomic E-state index is 0.389. The normalized spacial score (nSPS) is 48.1. The van der Waals surface area contributed by atoms with Crippen LogP contribution in [0.4, 0.5) is 0 Å². The van der Waals surface area contributed by atoms with Gasteiger partial charge in [-0.2, -0.15) is 5.26 Å². The maximum absolute atomic E-state index is 8.43. The minimum absolute atomic E-state index is 0.389. The van der Waals surface area contributed by atoms with Gasteiger partial charge < -0.3 is 0 Å². The van der Waals surface area contributed by atoms with Crippen molar-refractivity contribution in [1.29, 1.82) is 5.26 Å². The van der Waals surface area contributed by atoms with Crippen molar-refractivity contribution in [2.45, 2.75) is 6.42 Å². The lowest BCUT2D eigenvalue weighted by Crippen LogP contribution is -1.74. The van der Waals surface area contributed by atoms with Gasteiger partial charge in [-0.3, -0.25) is 0 Å². The van der Waals surface area contributed by atoms with Crippen LogP contribution in [-0.2, 0) is 0 Å². The van der Waals surface area contributed by atoms with Crippen molar-refractivity contribution >= 4 is 0 Å². The predicted octanol–water partition coefficient (Wildman–Crippen LogP) is 1.33. The van der Waals surface area contributed by atoms with Gasteiger partial charge in [-0.05, 0) is 18.3 Å². The molecule has 0 aromatic rings.